The maximum atomic E-state index is 12.0. The quantitative estimate of drug-likeness (QED) is 0.751. The highest BCUT2D eigenvalue weighted by atomic mass is 35.5. The normalized spacial score (nSPS) is 15.9. The molecule has 2 rings (SSSR count). The Balaban J connectivity index is 2.08. The van der Waals surface area contributed by atoms with E-state index in [9.17, 15) is 4.79 Å². The summed E-state index contributed by atoms with van der Waals surface area (Å²) in [5, 5.41) is 9.97. The molecule has 0 spiro atoms. The largest absolute Gasteiger partial charge is 0.381 e. The molecule has 1 amide bonds. The molecule has 0 aliphatic heterocycles. The summed E-state index contributed by atoms with van der Waals surface area (Å²) in [5.41, 5.74) is 1.70. The molecule has 0 bridgehead atoms. The van der Waals surface area contributed by atoms with Gasteiger partial charge in [0.15, 0.2) is 0 Å². The molecule has 1 aromatic rings. The van der Waals surface area contributed by atoms with Gasteiger partial charge in [-0.25, -0.2) is 0 Å². The van der Waals surface area contributed by atoms with Crippen molar-refractivity contribution in [2.75, 3.05) is 24.2 Å². The fraction of sp³-hybridized carbons (Fsp3) is 0.500. The average molecular weight is 282 g/mol. The van der Waals surface area contributed by atoms with Crippen molar-refractivity contribution in [3.05, 3.63) is 23.2 Å². The van der Waals surface area contributed by atoms with E-state index in [0.717, 1.165) is 11.4 Å². The molecule has 1 saturated carbocycles. The molecule has 1 aliphatic rings. The SMILES string of the molecule is CNCC(C)C(=O)Nc1cc(Cl)ccc1NC1CC1. The molecule has 5 heteroatoms. The minimum Gasteiger partial charge on any atom is -0.381 e. The van der Waals surface area contributed by atoms with E-state index in [4.69, 9.17) is 11.6 Å². The number of anilines is 2. The van der Waals surface area contributed by atoms with Crippen LogP contribution in [-0.2, 0) is 4.79 Å². The summed E-state index contributed by atoms with van der Waals surface area (Å²) in [7, 11) is 1.84. The minimum absolute atomic E-state index is 0.00420. The van der Waals surface area contributed by atoms with Gasteiger partial charge in [-0.15, -0.1) is 0 Å². The van der Waals surface area contributed by atoms with Crippen LogP contribution in [0, 0.1) is 5.92 Å². The summed E-state index contributed by atoms with van der Waals surface area (Å²) >= 11 is 6.00. The monoisotopic (exact) mass is 281 g/mol. The molecule has 0 saturated heterocycles. The van der Waals surface area contributed by atoms with E-state index in [1.807, 2.05) is 26.1 Å². The summed E-state index contributed by atoms with van der Waals surface area (Å²) in [5.74, 6) is -0.0896. The van der Waals surface area contributed by atoms with Crippen LogP contribution in [0.25, 0.3) is 0 Å². The van der Waals surface area contributed by atoms with Gasteiger partial charge in [-0.05, 0) is 38.1 Å². The summed E-state index contributed by atoms with van der Waals surface area (Å²) in [4.78, 5) is 12.0. The van der Waals surface area contributed by atoms with Crippen LogP contribution in [0.3, 0.4) is 0 Å². The third-order valence-corrected chi connectivity index (χ3v) is 3.37. The standard InChI is InChI=1S/C14H20ClN3O/c1-9(8-16-2)14(19)18-13-7-10(15)3-6-12(13)17-11-4-5-11/h3,6-7,9,11,16-17H,4-5,8H2,1-2H3,(H,18,19). The smallest absolute Gasteiger partial charge is 0.228 e. The zero-order valence-electron chi connectivity index (χ0n) is 11.3. The minimum atomic E-state index is -0.0854. The number of nitrogens with one attached hydrogen (secondary N) is 3. The molecule has 0 heterocycles. The van der Waals surface area contributed by atoms with E-state index >= 15 is 0 Å². The lowest BCUT2D eigenvalue weighted by atomic mass is 10.1. The molecule has 4 nitrogen and oxygen atoms in total. The predicted octanol–water partition coefficient (Wildman–Crippen LogP) is 2.71. The molecule has 0 aromatic heterocycles. The third kappa shape index (κ3) is 4.11. The predicted molar refractivity (Wildman–Crippen MR) is 79.8 cm³/mol. The van der Waals surface area contributed by atoms with Crippen molar-refractivity contribution in [3.63, 3.8) is 0 Å². The molecule has 1 atom stereocenters. The lowest BCUT2D eigenvalue weighted by molar-refractivity contribution is -0.119. The van der Waals surface area contributed by atoms with Gasteiger partial charge in [-0.3, -0.25) is 4.79 Å². The molecule has 1 aromatic carbocycles. The Hall–Kier alpha value is -1.26. The summed E-state index contributed by atoms with van der Waals surface area (Å²) < 4.78 is 0. The van der Waals surface area contributed by atoms with Crippen molar-refractivity contribution in [1.29, 1.82) is 0 Å². The van der Waals surface area contributed by atoms with Gasteiger partial charge in [0, 0.05) is 23.5 Å². The zero-order chi connectivity index (χ0) is 13.8. The summed E-state index contributed by atoms with van der Waals surface area (Å²) in [6.07, 6.45) is 2.37. The van der Waals surface area contributed by atoms with Crippen LogP contribution in [0.1, 0.15) is 19.8 Å². The van der Waals surface area contributed by atoms with E-state index in [1.54, 1.807) is 6.07 Å². The molecular formula is C14H20ClN3O. The Morgan fingerprint density at radius 2 is 2.16 bits per heavy atom. The van der Waals surface area contributed by atoms with Gasteiger partial charge in [0.1, 0.15) is 0 Å². The second-order valence-corrected chi connectivity index (χ2v) is 5.49. The van der Waals surface area contributed by atoms with Gasteiger partial charge in [0.2, 0.25) is 5.91 Å². The average Bonchev–Trinajstić information content (AvgIpc) is 3.17. The number of rotatable bonds is 6. The molecule has 19 heavy (non-hydrogen) atoms. The van der Waals surface area contributed by atoms with Crippen LogP contribution in [-0.4, -0.2) is 25.5 Å². The van der Waals surface area contributed by atoms with Crippen molar-refractivity contribution in [2.24, 2.45) is 5.92 Å². The van der Waals surface area contributed by atoms with Crippen LogP contribution in [0.15, 0.2) is 18.2 Å². The van der Waals surface area contributed by atoms with Crippen LogP contribution in [0.2, 0.25) is 5.02 Å². The molecule has 3 N–H and O–H groups in total. The number of hydrogen-bond acceptors (Lipinski definition) is 3. The second-order valence-electron chi connectivity index (χ2n) is 5.06. The second kappa shape index (κ2) is 6.26. The Bertz CT molecular complexity index is 460. The van der Waals surface area contributed by atoms with E-state index in [1.165, 1.54) is 12.8 Å². The highest BCUT2D eigenvalue weighted by molar-refractivity contribution is 6.31. The Morgan fingerprint density at radius 1 is 1.42 bits per heavy atom. The van der Waals surface area contributed by atoms with E-state index in [0.29, 0.717) is 17.6 Å². The zero-order valence-corrected chi connectivity index (χ0v) is 12.1. The Kier molecular flexibility index (Phi) is 4.66. The van der Waals surface area contributed by atoms with Gasteiger partial charge >= 0.3 is 0 Å². The van der Waals surface area contributed by atoms with E-state index in [-0.39, 0.29) is 11.8 Å². The fourth-order valence-electron chi connectivity index (χ4n) is 1.85. The number of hydrogen-bond donors (Lipinski definition) is 3. The van der Waals surface area contributed by atoms with E-state index < -0.39 is 0 Å². The molecule has 1 fully saturated rings. The first-order valence-corrected chi connectivity index (χ1v) is 6.99. The number of carbonyl (C=O) groups excluding carboxylic acids is 1. The number of benzene rings is 1. The van der Waals surface area contributed by atoms with Crippen molar-refractivity contribution in [3.8, 4) is 0 Å². The first-order valence-electron chi connectivity index (χ1n) is 6.61. The molecule has 0 radical (unpaired) electrons. The molecule has 1 aliphatic carbocycles. The molecule has 1 unspecified atom stereocenters. The molecular weight excluding hydrogens is 262 g/mol. The van der Waals surface area contributed by atoms with Gasteiger partial charge in [0.25, 0.3) is 0 Å². The lowest BCUT2D eigenvalue weighted by Gasteiger charge is -2.16. The fourth-order valence-corrected chi connectivity index (χ4v) is 2.02. The van der Waals surface area contributed by atoms with Crippen LogP contribution in [0.5, 0.6) is 0 Å². The first-order chi connectivity index (χ1) is 9.10. The first kappa shape index (κ1) is 14.2. The van der Waals surface area contributed by atoms with Crippen molar-refractivity contribution in [2.45, 2.75) is 25.8 Å². The van der Waals surface area contributed by atoms with Gasteiger partial charge in [0.05, 0.1) is 11.4 Å². The van der Waals surface area contributed by atoms with Crippen LogP contribution < -0.4 is 16.0 Å². The molecule has 104 valence electrons. The van der Waals surface area contributed by atoms with Gasteiger partial charge in [-0.1, -0.05) is 18.5 Å². The van der Waals surface area contributed by atoms with Crippen molar-refractivity contribution < 1.29 is 4.79 Å². The summed E-state index contributed by atoms with van der Waals surface area (Å²) in [6.45, 7) is 2.54. The highest BCUT2D eigenvalue weighted by Crippen LogP contribution is 2.31. The van der Waals surface area contributed by atoms with Gasteiger partial charge < -0.3 is 16.0 Å². The van der Waals surface area contributed by atoms with Crippen LogP contribution >= 0.6 is 11.6 Å². The van der Waals surface area contributed by atoms with Crippen LogP contribution in [0.4, 0.5) is 11.4 Å². The number of amides is 1. The maximum absolute atomic E-state index is 12.0. The van der Waals surface area contributed by atoms with Crippen molar-refractivity contribution in [1.82, 2.24) is 5.32 Å². The third-order valence-electron chi connectivity index (χ3n) is 3.13. The van der Waals surface area contributed by atoms with Gasteiger partial charge in [-0.2, -0.15) is 0 Å². The Labute approximate surface area is 118 Å². The number of carbonyl (C=O) groups is 1. The Morgan fingerprint density at radius 3 is 2.79 bits per heavy atom. The summed E-state index contributed by atoms with van der Waals surface area (Å²) in [6, 6.07) is 6.07. The lowest BCUT2D eigenvalue weighted by Crippen LogP contribution is -2.28. The van der Waals surface area contributed by atoms with Crippen molar-refractivity contribution >= 4 is 28.9 Å². The number of halogens is 1. The topological polar surface area (TPSA) is 53.2 Å². The van der Waals surface area contributed by atoms with E-state index in [2.05, 4.69) is 16.0 Å². The maximum Gasteiger partial charge on any atom is 0.228 e. The highest BCUT2D eigenvalue weighted by Gasteiger charge is 2.22.